The van der Waals surface area contributed by atoms with Crippen LogP contribution >= 0.6 is 0 Å². The van der Waals surface area contributed by atoms with Gasteiger partial charge in [-0.1, -0.05) is 26.8 Å². The van der Waals surface area contributed by atoms with Crippen molar-refractivity contribution in [2.24, 2.45) is 21.7 Å². The van der Waals surface area contributed by atoms with Crippen molar-refractivity contribution in [2.75, 3.05) is 7.11 Å². The SMILES string of the molecule is C=N/C(=C\c1cc(C(=O)NC23CCC(C(=O)OC)(CC2)CC3)ccc1C)N[C@H]1CC[C@H](C(C)(C)C)CC1. The molecular formula is C31H45N3O3. The van der Waals surface area contributed by atoms with E-state index in [4.69, 9.17) is 4.74 Å². The molecule has 0 aromatic heterocycles. The number of carbonyl (C=O) groups is 2. The predicted octanol–water partition coefficient (Wildman–Crippen LogP) is 6.18. The van der Waals surface area contributed by atoms with E-state index in [2.05, 4.69) is 50.0 Å². The summed E-state index contributed by atoms with van der Waals surface area (Å²) in [5, 5.41) is 6.94. The van der Waals surface area contributed by atoms with Gasteiger partial charge in [0, 0.05) is 17.1 Å². The Hall–Kier alpha value is -2.63. The van der Waals surface area contributed by atoms with Gasteiger partial charge in [-0.25, -0.2) is 4.99 Å². The van der Waals surface area contributed by atoms with E-state index in [-0.39, 0.29) is 22.8 Å². The van der Waals surface area contributed by atoms with E-state index in [1.807, 2.05) is 24.3 Å². The highest BCUT2D eigenvalue weighted by molar-refractivity contribution is 5.95. The quantitative estimate of drug-likeness (QED) is 0.341. The van der Waals surface area contributed by atoms with Gasteiger partial charge in [0.25, 0.3) is 5.91 Å². The molecule has 6 heteroatoms. The standard InChI is InChI=1S/C31H45N3O3/c1-21-7-8-22(27(35)34-31-16-13-30(14-17-31,15-18-31)28(36)37-6)19-23(21)20-26(32-5)33-25-11-9-24(10-12-25)29(2,3)4/h7-8,19-20,24-25,33H,5,9-18H2,1-4,6H3,(H,34,35)/b26-20+/t24-,25-,30?,31?. The van der Waals surface area contributed by atoms with Gasteiger partial charge in [0.1, 0.15) is 5.82 Å². The summed E-state index contributed by atoms with van der Waals surface area (Å²) in [5.41, 5.74) is 2.49. The Kier molecular flexibility index (Phi) is 7.87. The molecule has 37 heavy (non-hydrogen) atoms. The molecule has 4 fully saturated rings. The first-order chi connectivity index (χ1) is 17.5. The van der Waals surface area contributed by atoms with Crippen LogP contribution in [0.1, 0.15) is 106 Å². The fourth-order valence-corrected chi connectivity index (χ4v) is 6.74. The second-order valence-electron chi connectivity index (χ2n) is 12.8. The number of benzene rings is 1. The third-order valence-electron chi connectivity index (χ3n) is 9.55. The number of nitrogens with one attached hydrogen (secondary N) is 2. The van der Waals surface area contributed by atoms with Gasteiger partial charge in [-0.3, -0.25) is 9.59 Å². The van der Waals surface area contributed by atoms with Crippen LogP contribution in [0.25, 0.3) is 6.08 Å². The summed E-state index contributed by atoms with van der Waals surface area (Å²) in [6.07, 6.45) is 11.5. The summed E-state index contributed by atoms with van der Waals surface area (Å²) in [7, 11) is 1.47. The van der Waals surface area contributed by atoms with Crippen molar-refractivity contribution in [1.82, 2.24) is 10.6 Å². The molecule has 4 aliphatic rings. The molecule has 2 N–H and O–H groups in total. The first-order valence-electron chi connectivity index (χ1n) is 14.0. The Balaban J connectivity index is 1.41. The van der Waals surface area contributed by atoms with Crippen LogP contribution in [-0.2, 0) is 9.53 Å². The normalized spacial score (nSPS) is 29.9. The van der Waals surface area contributed by atoms with Gasteiger partial charge >= 0.3 is 5.97 Å². The van der Waals surface area contributed by atoms with Crippen LogP contribution in [0.4, 0.5) is 0 Å². The topological polar surface area (TPSA) is 79.8 Å². The van der Waals surface area contributed by atoms with Crippen molar-refractivity contribution in [2.45, 2.75) is 103 Å². The fraction of sp³-hybridized carbons (Fsp3) is 0.645. The molecule has 0 spiro atoms. The molecule has 1 amide bonds. The number of carbonyl (C=O) groups excluding carboxylic acids is 2. The molecule has 4 saturated carbocycles. The lowest BCUT2D eigenvalue weighted by atomic mass is 9.57. The number of amides is 1. The van der Waals surface area contributed by atoms with Crippen LogP contribution in [-0.4, -0.2) is 37.3 Å². The van der Waals surface area contributed by atoms with E-state index in [1.165, 1.54) is 20.0 Å². The largest absolute Gasteiger partial charge is 0.469 e. The summed E-state index contributed by atoms with van der Waals surface area (Å²) in [5.74, 6) is 1.38. The third-order valence-corrected chi connectivity index (χ3v) is 9.55. The lowest BCUT2D eigenvalue weighted by Crippen LogP contribution is -2.58. The van der Waals surface area contributed by atoms with Crippen LogP contribution in [0, 0.1) is 23.7 Å². The van der Waals surface area contributed by atoms with Crippen molar-refractivity contribution in [3.8, 4) is 0 Å². The molecule has 0 aliphatic heterocycles. The van der Waals surface area contributed by atoms with E-state index >= 15 is 0 Å². The molecular weight excluding hydrogens is 462 g/mol. The molecule has 202 valence electrons. The number of aryl methyl sites for hydroxylation is 1. The lowest BCUT2D eigenvalue weighted by molar-refractivity contribution is -0.160. The van der Waals surface area contributed by atoms with E-state index < -0.39 is 0 Å². The third kappa shape index (κ3) is 5.94. The monoisotopic (exact) mass is 507 g/mol. The summed E-state index contributed by atoms with van der Waals surface area (Å²) >= 11 is 0. The molecule has 2 bridgehead atoms. The molecule has 5 rings (SSSR count). The van der Waals surface area contributed by atoms with E-state index in [0.29, 0.717) is 17.0 Å². The molecule has 0 radical (unpaired) electrons. The second-order valence-corrected chi connectivity index (χ2v) is 12.8. The number of hydrogen-bond acceptors (Lipinski definition) is 5. The van der Waals surface area contributed by atoms with Crippen molar-refractivity contribution >= 4 is 24.7 Å². The summed E-state index contributed by atoms with van der Waals surface area (Å²) in [6.45, 7) is 12.9. The zero-order chi connectivity index (χ0) is 26.8. The number of methoxy groups -OCH3 is 1. The van der Waals surface area contributed by atoms with Crippen molar-refractivity contribution in [3.63, 3.8) is 0 Å². The smallest absolute Gasteiger partial charge is 0.311 e. The molecule has 4 aliphatic carbocycles. The Morgan fingerprint density at radius 2 is 1.68 bits per heavy atom. The average Bonchev–Trinajstić information content (AvgIpc) is 2.89. The highest BCUT2D eigenvalue weighted by Gasteiger charge is 2.53. The van der Waals surface area contributed by atoms with Gasteiger partial charge in [0.05, 0.1) is 12.5 Å². The maximum atomic E-state index is 13.3. The minimum Gasteiger partial charge on any atom is -0.469 e. The van der Waals surface area contributed by atoms with Gasteiger partial charge in [0.15, 0.2) is 0 Å². The maximum Gasteiger partial charge on any atom is 0.311 e. The van der Waals surface area contributed by atoms with Crippen molar-refractivity contribution in [3.05, 3.63) is 40.7 Å². The first-order valence-corrected chi connectivity index (χ1v) is 14.0. The highest BCUT2D eigenvalue weighted by atomic mass is 16.5. The van der Waals surface area contributed by atoms with Gasteiger partial charge < -0.3 is 15.4 Å². The molecule has 0 saturated heterocycles. The van der Waals surface area contributed by atoms with Crippen LogP contribution in [0.3, 0.4) is 0 Å². The number of aliphatic imine (C=N–C) groups is 1. The summed E-state index contributed by atoms with van der Waals surface area (Å²) < 4.78 is 5.07. The Bertz CT molecular complexity index is 1040. The zero-order valence-corrected chi connectivity index (χ0v) is 23.4. The second kappa shape index (κ2) is 10.6. The van der Waals surface area contributed by atoms with Crippen molar-refractivity contribution < 1.29 is 14.3 Å². The highest BCUT2D eigenvalue weighted by Crippen LogP contribution is 2.53. The molecule has 6 nitrogen and oxygen atoms in total. The van der Waals surface area contributed by atoms with Crippen molar-refractivity contribution in [1.29, 1.82) is 0 Å². The van der Waals surface area contributed by atoms with E-state index in [9.17, 15) is 9.59 Å². The average molecular weight is 508 g/mol. The lowest BCUT2D eigenvalue weighted by Gasteiger charge is -2.52. The predicted molar refractivity (Wildman–Crippen MR) is 149 cm³/mol. The number of nitrogens with zero attached hydrogens (tertiary/aromatic N) is 1. The van der Waals surface area contributed by atoms with Gasteiger partial charge in [-0.15, -0.1) is 0 Å². The maximum absolute atomic E-state index is 13.3. The summed E-state index contributed by atoms with van der Waals surface area (Å²) in [6, 6.07) is 6.24. The zero-order valence-electron chi connectivity index (χ0n) is 23.4. The molecule has 0 heterocycles. The molecule has 0 unspecified atom stereocenters. The molecule has 0 atom stereocenters. The number of esters is 1. The molecule has 1 aromatic carbocycles. The van der Waals surface area contributed by atoms with E-state index in [1.54, 1.807) is 0 Å². The Labute approximate surface area is 222 Å². The number of rotatable bonds is 7. The Morgan fingerprint density at radius 1 is 1.05 bits per heavy atom. The minimum atomic E-state index is -0.351. The first kappa shape index (κ1) is 27.4. The Morgan fingerprint density at radius 3 is 2.22 bits per heavy atom. The number of fused-ring (bicyclic) bond motifs is 3. The minimum absolute atomic E-state index is 0.0521. The van der Waals surface area contributed by atoms with Gasteiger partial charge in [-0.2, -0.15) is 0 Å². The van der Waals surface area contributed by atoms with Gasteiger partial charge in [0.2, 0.25) is 0 Å². The van der Waals surface area contributed by atoms with Gasteiger partial charge in [-0.05, 0) is 119 Å². The van der Waals surface area contributed by atoms with Crippen LogP contribution < -0.4 is 10.6 Å². The fourth-order valence-electron chi connectivity index (χ4n) is 6.74. The summed E-state index contributed by atoms with van der Waals surface area (Å²) in [4.78, 5) is 29.9. The van der Waals surface area contributed by atoms with Crippen LogP contribution in [0.2, 0.25) is 0 Å². The number of ether oxygens (including phenoxy) is 1. The molecule has 1 aromatic rings. The van der Waals surface area contributed by atoms with Crippen LogP contribution in [0.5, 0.6) is 0 Å². The van der Waals surface area contributed by atoms with Crippen LogP contribution in [0.15, 0.2) is 29.0 Å². The number of hydrogen-bond donors (Lipinski definition) is 2. The van der Waals surface area contributed by atoms with E-state index in [0.717, 1.165) is 74.2 Å².